The molecule has 0 aliphatic carbocycles. The number of rotatable bonds is 1. The Hall–Kier alpha value is -1.39. The Bertz CT molecular complexity index is 501. The zero-order valence-electron chi connectivity index (χ0n) is 7.48. The highest BCUT2D eigenvalue weighted by Crippen LogP contribution is 2.27. The van der Waals surface area contributed by atoms with Crippen molar-refractivity contribution in [3.63, 3.8) is 0 Å². The van der Waals surface area contributed by atoms with E-state index in [0.717, 1.165) is 5.56 Å². The summed E-state index contributed by atoms with van der Waals surface area (Å²) < 4.78 is 0. The summed E-state index contributed by atoms with van der Waals surface area (Å²) in [6.07, 6.45) is 1.51. The minimum atomic E-state index is 0.124. The molecule has 1 aromatic carbocycles. The van der Waals surface area contributed by atoms with E-state index in [1.54, 1.807) is 18.2 Å². The Morgan fingerprint density at radius 2 is 1.93 bits per heavy atom. The first kappa shape index (κ1) is 10.1. The number of halogens is 2. The minimum Gasteiger partial charge on any atom is -0.366 e. The molecule has 0 amide bonds. The summed E-state index contributed by atoms with van der Waals surface area (Å²) in [6, 6.07) is 5.18. The minimum absolute atomic E-state index is 0.124. The van der Waals surface area contributed by atoms with Crippen LogP contribution in [0.4, 0.5) is 5.95 Å². The molecule has 0 fully saturated rings. The van der Waals surface area contributed by atoms with E-state index in [9.17, 15) is 0 Å². The number of nitrogens with zero attached hydrogens (tertiary/aromatic N) is 3. The van der Waals surface area contributed by atoms with Gasteiger partial charge in [-0.15, -0.1) is 5.10 Å². The highest BCUT2D eigenvalue weighted by Gasteiger charge is 2.04. The molecule has 2 N–H and O–H groups in total. The molecule has 0 aliphatic heterocycles. The van der Waals surface area contributed by atoms with Crippen LogP contribution in [0.3, 0.4) is 0 Å². The van der Waals surface area contributed by atoms with Gasteiger partial charge in [-0.25, -0.2) is 4.98 Å². The zero-order valence-corrected chi connectivity index (χ0v) is 9.00. The smallest absolute Gasteiger partial charge is 0.240 e. The molecule has 15 heavy (non-hydrogen) atoms. The SMILES string of the molecule is Nc1nncc(-c2ccc(Cl)c(Cl)c2)n1. The molecular formula is C9H6Cl2N4. The molecule has 1 heterocycles. The van der Waals surface area contributed by atoms with Crippen LogP contribution in [0.5, 0.6) is 0 Å². The van der Waals surface area contributed by atoms with E-state index in [1.165, 1.54) is 6.20 Å². The van der Waals surface area contributed by atoms with Gasteiger partial charge in [-0.1, -0.05) is 29.3 Å². The van der Waals surface area contributed by atoms with Crippen molar-refractivity contribution in [1.82, 2.24) is 15.2 Å². The number of hydrogen-bond donors (Lipinski definition) is 1. The normalized spacial score (nSPS) is 10.3. The lowest BCUT2D eigenvalue weighted by atomic mass is 10.2. The van der Waals surface area contributed by atoms with Crippen LogP contribution in [-0.2, 0) is 0 Å². The largest absolute Gasteiger partial charge is 0.366 e. The van der Waals surface area contributed by atoms with E-state index in [4.69, 9.17) is 28.9 Å². The number of nitrogen functional groups attached to an aromatic ring is 1. The second-order valence-electron chi connectivity index (χ2n) is 2.83. The Labute approximate surface area is 96.1 Å². The summed E-state index contributed by atoms with van der Waals surface area (Å²) in [5.74, 6) is 0.124. The number of nitrogens with two attached hydrogens (primary N) is 1. The third-order valence-electron chi connectivity index (χ3n) is 1.79. The summed E-state index contributed by atoms with van der Waals surface area (Å²) in [5, 5.41) is 8.22. The lowest BCUT2D eigenvalue weighted by molar-refractivity contribution is 0.990. The van der Waals surface area contributed by atoms with Crippen molar-refractivity contribution < 1.29 is 0 Å². The molecule has 0 saturated carbocycles. The summed E-state index contributed by atoms with van der Waals surface area (Å²) in [7, 11) is 0. The van der Waals surface area contributed by atoms with Crippen molar-refractivity contribution in [2.75, 3.05) is 5.73 Å². The first-order valence-corrected chi connectivity index (χ1v) is 4.83. The van der Waals surface area contributed by atoms with Gasteiger partial charge in [0.2, 0.25) is 5.95 Å². The summed E-state index contributed by atoms with van der Waals surface area (Å²) >= 11 is 11.7. The number of anilines is 1. The fourth-order valence-electron chi connectivity index (χ4n) is 1.11. The van der Waals surface area contributed by atoms with Gasteiger partial charge in [-0.05, 0) is 12.1 Å². The van der Waals surface area contributed by atoms with E-state index in [1.807, 2.05) is 0 Å². The number of hydrogen-bond acceptors (Lipinski definition) is 4. The fourth-order valence-corrected chi connectivity index (χ4v) is 1.41. The molecule has 0 saturated heterocycles. The summed E-state index contributed by atoms with van der Waals surface area (Å²) in [5.41, 5.74) is 6.83. The van der Waals surface area contributed by atoms with Crippen molar-refractivity contribution in [1.29, 1.82) is 0 Å². The van der Waals surface area contributed by atoms with Crippen LogP contribution < -0.4 is 5.73 Å². The standard InChI is InChI=1S/C9H6Cl2N4/c10-6-2-1-5(3-7(6)11)8-4-13-15-9(12)14-8/h1-4H,(H2,12,14,15). The zero-order chi connectivity index (χ0) is 10.8. The van der Waals surface area contributed by atoms with Crippen LogP contribution in [-0.4, -0.2) is 15.2 Å². The predicted octanol–water partition coefficient (Wildman–Crippen LogP) is 2.43. The maximum absolute atomic E-state index is 5.88. The molecule has 0 unspecified atom stereocenters. The molecule has 0 bridgehead atoms. The van der Waals surface area contributed by atoms with Crippen molar-refractivity contribution in [3.05, 3.63) is 34.4 Å². The Morgan fingerprint density at radius 3 is 2.60 bits per heavy atom. The van der Waals surface area contributed by atoms with Crippen LogP contribution in [0.2, 0.25) is 10.0 Å². The lowest BCUT2D eigenvalue weighted by Crippen LogP contribution is -1.97. The molecule has 76 valence electrons. The maximum Gasteiger partial charge on any atom is 0.240 e. The topological polar surface area (TPSA) is 64.7 Å². The van der Waals surface area contributed by atoms with Crippen LogP contribution in [0.15, 0.2) is 24.4 Å². The van der Waals surface area contributed by atoms with Crippen LogP contribution in [0.25, 0.3) is 11.3 Å². The van der Waals surface area contributed by atoms with E-state index in [2.05, 4.69) is 15.2 Å². The Balaban J connectivity index is 2.50. The van der Waals surface area contributed by atoms with Crippen molar-refractivity contribution in [2.45, 2.75) is 0 Å². The summed E-state index contributed by atoms with van der Waals surface area (Å²) in [6.45, 7) is 0. The molecule has 2 aromatic rings. The maximum atomic E-state index is 5.88. The number of aromatic nitrogens is 3. The average Bonchev–Trinajstić information content (AvgIpc) is 2.22. The number of benzene rings is 1. The van der Waals surface area contributed by atoms with E-state index >= 15 is 0 Å². The van der Waals surface area contributed by atoms with Gasteiger partial charge in [-0.2, -0.15) is 5.10 Å². The molecule has 0 aliphatic rings. The molecule has 2 rings (SSSR count). The van der Waals surface area contributed by atoms with Gasteiger partial charge in [-0.3, -0.25) is 0 Å². The first-order valence-electron chi connectivity index (χ1n) is 4.07. The third kappa shape index (κ3) is 2.16. The Morgan fingerprint density at radius 1 is 1.13 bits per heavy atom. The lowest BCUT2D eigenvalue weighted by Gasteiger charge is -2.01. The van der Waals surface area contributed by atoms with Gasteiger partial charge in [0, 0.05) is 5.56 Å². The fraction of sp³-hybridized carbons (Fsp3) is 0. The van der Waals surface area contributed by atoms with Gasteiger partial charge in [0.05, 0.1) is 21.9 Å². The molecule has 6 heteroatoms. The van der Waals surface area contributed by atoms with Gasteiger partial charge in [0.1, 0.15) is 0 Å². The molecule has 0 atom stereocenters. The van der Waals surface area contributed by atoms with Crippen LogP contribution in [0, 0.1) is 0 Å². The van der Waals surface area contributed by atoms with Crippen molar-refractivity contribution in [2.24, 2.45) is 0 Å². The van der Waals surface area contributed by atoms with Gasteiger partial charge >= 0.3 is 0 Å². The van der Waals surface area contributed by atoms with E-state index < -0.39 is 0 Å². The Kier molecular flexibility index (Phi) is 2.70. The summed E-state index contributed by atoms with van der Waals surface area (Å²) in [4.78, 5) is 4.02. The highest BCUT2D eigenvalue weighted by atomic mass is 35.5. The molecule has 4 nitrogen and oxygen atoms in total. The average molecular weight is 241 g/mol. The molecule has 0 radical (unpaired) electrons. The first-order chi connectivity index (χ1) is 7.16. The van der Waals surface area contributed by atoms with Crippen molar-refractivity contribution >= 4 is 29.2 Å². The third-order valence-corrected chi connectivity index (χ3v) is 2.53. The van der Waals surface area contributed by atoms with E-state index in [-0.39, 0.29) is 5.95 Å². The van der Waals surface area contributed by atoms with E-state index in [0.29, 0.717) is 15.7 Å². The second-order valence-corrected chi connectivity index (χ2v) is 3.64. The van der Waals surface area contributed by atoms with Gasteiger partial charge < -0.3 is 5.73 Å². The molecule has 0 spiro atoms. The highest BCUT2D eigenvalue weighted by molar-refractivity contribution is 6.42. The van der Waals surface area contributed by atoms with Crippen molar-refractivity contribution in [3.8, 4) is 11.3 Å². The monoisotopic (exact) mass is 240 g/mol. The van der Waals surface area contributed by atoms with Gasteiger partial charge in [0.15, 0.2) is 0 Å². The molecule has 1 aromatic heterocycles. The predicted molar refractivity (Wildman–Crippen MR) is 59.7 cm³/mol. The molecular weight excluding hydrogens is 235 g/mol. The van der Waals surface area contributed by atoms with Gasteiger partial charge in [0.25, 0.3) is 0 Å². The second kappa shape index (κ2) is 4.00. The van der Waals surface area contributed by atoms with Crippen LogP contribution in [0.1, 0.15) is 0 Å². The quantitative estimate of drug-likeness (QED) is 0.832. The van der Waals surface area contributed by atoms with Crippen LogP contribution >= 0.6 is 23.2 Å².